The van der Waals surface area contributed by atoms with Crippen molar-refractivity contribution in [3.8, 4) is 11.5 Å². The van der Waals surface area contributed by atoms with E-state index in [1.165, 1.54) is 0 Å². The highest BCUT2D eigenvalue weighted by molar-refractivity contribution is 5.96. The molecule has 0 bridgehead atoms. The first kappa shape index (κ1) is 16.2. The normalized spacial score (nSPS) is 18.2. The molecular weight excluding hydrogens is 328 g/mol. The van der Waals surface area contributed by atoms with Crippen molar-refractivity contribution in [3.63, 3.8) is 0 Å². The van der Waals surface area contributed by atoms with Gasteiger partial charge in [-0.05, 0) is 24.3 Å². The standard InChI is InChI=1S/C22H18O4/c1-24-16-13-11-15(12-14-16)22(19-9-5-6-10-20(19)25-2)18-8-4-3-7-17(18)21(23)26-22/h3-14H,1-2H3. The van der Waals surface area contributed by atoms with Crippen LogP contribution >= 0.6 is 0 Å². The molecule has 0 aromatic heterocycles. The Morgan fingerprint density at radius 3 is 2.12 bits per heavy atom. The smallest absolute Gasteiger partial charge is 0.340 e. The largest absolute Gasteiger partial charge is 0.497 e. The van der Waals surface area contributed by atoms with Crippen LogP contribution in [-0.2, 0) is 10.3 Å². The molecule has 0 amide bonds. The van der Waals surface area contributed by atoms with Crippen molar-refractivity contribution in [2.45, 2.75) is 5.60 Å². The lowest BCUT2D eigenvalue weighted by atomic mass is 9.79. The van der Waals surface area contributed by atoms with Gasteiger partial charge in [-0.1, -0.05) is 48.5 Å². The Bertz CT molecular complexity index is 962. The molecule has 0 aliphatic carbocycles. The molecular formula is C22H18O4. The van der Waals surface area contributed by atoms with Crippen LogP contribution in [0.1, 0.15) is 27.0 Å². The number of rotatable bonds is 4. The summed E-state index contributed by atoms with van der Waals surface area (Å²) in [5.74, 6) is 1.05. The highest BCUT2D eigenvalue weighted by Crippen LogP contribution is 2.49. The van der Waals surface area contributed by atoms with Crippen LogP contribution in [0.25, 0.3) is 0 Å². The third kappa shape index (κ3) is 2.26. The predicted molar refractivity (Wildman–Crippen MR) is 97.7 cm³/mol. The molecule has 1 atom stereocenters. The van der Waals surface area contributed by atoms with Gasteiger partial charge in [0.1, 0.15) is 11.5 Å². The summed E-state index contributed by atoms with van der Waals surface area (Å²) >= 11 is 0. The number of ether oxygens (including phenoxy) is 3. The Labute approximate surface area is 152 Å². The maximum atomic E-state index is 12.7. The summed E-state index contributed by atoms with van der Waals surface area (Å²) in [6, 6.07) is 22.6. The van der Waals surface area contributed by atoms with Gasteiger partial charge in [0.25, 0.3) is 0 Å². The number of esters is 1. The van der Waals surface area contributed by atoms with Gasteiger partial charge < -0.3 is 14.2 Å². The summed E-state index contributed by atoms with van der Waals surface area (Å²) in [4.78, 5) is 12.7. The van der Waals surface area contributed by atoms with E-state index in [1.807, 2.05) is 66.7 Å². The number of para-hydroxylation sites is 1. The fraction of sp³-hybridized carbons (Fsp3) is 0.136. The van der Waals surface area contributed by atoms with Crippen LogP contribution in [0.3, 0.4) is 0 Å². The summed E-state index contributed by atoms with van der Waals surface area (Å²) in [6.45, 7) is 0. The summed E-state index contributed by atoms with van der Waals surface area (Å²) in [5.41, 5.74) is 1.92. The minimum atomic E-state index is -1.06. The van der Waals surface area contributed by atoms with Crippen molar-refractivity contribution < 1.29 is 19.0 Å². The van der Waals surface area contributed by atoms with E-state index >= 15 is 0 Å². The van der Waals surface area contributed by atoms with Crippen molar-refractivity contribution in [2.75, 3.05) is 14.2 Å². The number of hydrogen-bond donors (Lipinski definition) is 0. The van der Waals surface area contributed by atoms with Crippen LogP contribution in [0, 0.1) is 0 Å². The fourth-order valence-corrected chi connectivity index (χ4v) is 3.55. The molecule has 26 heavy (non-hydrogen) atoms. The Hall–Kier alpha value is -3.27. The first-order valence-electron chi connectivity index (χ1n) is 8.31. The number of benzene rings is 3. The second kappa shape index (κ2) is 6.23. The van der Waals surface area contributed by atoms with Gasteiger partial charge in [0.05, 0.1) is 19.8 Å². The quantitative estimate of drug-likeness (QED) is 0.665. The van der Waals surface area contributed by atoms with E-state index in [2.05, 4.69) is 0 Å². The van der Waals surface area contributed by atoms with Gasteiger partial charge >= 0.3 is 5.97 Å². The van der Waals surface area contributed by atoms with Crippen molar-refractivity contribution in [1.29, 1.82) is 0 Å². The van der Waals surface area contributed by atoms with Crippen molar-refractivity contribution in [2.24, 2.45) is 0 Å². The third-order valence-corrected chi connectivity index (χ3v) is 4.75. The monoisotopic (exact) mass is 346 g/mol. The maximum Gasteiger partial charge on any atom is 0.340 e. The molecule has 4 rings (SSSR count). The number of hydrogen-bond acceptors (Lipinski definition) is 4. The summed E-state index contributed by atoms with van der Waals surface area (Å²) in [7, 11) is 3.24. The molecule has 4 heteroatoms. The van der Waals surface area contributed by atoms with E-state index in [0.29, 0.717) is 11.3 Å². The SMILES string of the molecule is COc1ccc(C2(c3ccccc3OC)OC(=O)c3ccccc32)cc1. The second-order valence-corrected chi connectivity index (χ2v) is 6.05. The van der Waals surface area contributed by atoms with Crippen LogP contribution in [0.15, 0.2) is 72.8 Å². The molecule has 1 aliphatic rings. The minimum Gasteiger partial charge on any atom is -0.497 e. The number of fused-ring (bicyclic) bond motifs is 1. The van der Waals surface area contributed by atoms with Gasteiger partial charge in [-0.3, -0.25) is 0 Å². The van der Waals surface area contributed by atoms with Crippen LogP contribution in [0.2, 0.25) is 0 Å². The van der Waals surface area contributed by atoms with E-state index in [4.69, 9.17) is 14.2 Å². The Balaban J connectivity index is 2.04. The predicted octanol–water partition coefficient (Wildman–Crippen LogP) is 4.17. The molecule has 0 radical (unpaired) electrons. The molecule has 0 saturated carbocycles. The van der Waals surface area contributed by atoms with Crippen LogP contribution < -0.4 is 9.47 Å². The van der Waals surface area contributed by atoms with Gasteiger partial charge in [0, 0.05) is 16.7 Å². The second-order valence-electron chi connectivity index (χ2n) is 6.05. The number of cyclic esters (lactones) is 1. The van der Waals surface area contributed by atoms with E-state index in [-0.39, 0.29) is 5.97 Å². The zero-order valence-electron chi connectivity index (χ0n) is 14.6. The molecule has 0 saturated heterocycles. The Morgan fingerprint density at radius 1 is 0.769 bits per heavy atom. The van der Waals surface area contributed by atoms with Crippen LogP contribution in [0.4, 0.5) is 0 Å². The zero-order valence-corrected chi connectivity index (χ0v) is 14.6. The van der Waals surface area contributed by atoms with Gasteiger partial charge in [0.15, 0.2) is 5.60 Å². The summed E-state index contributed by atoms with van der Waals surface area (Å²) < 4.78 is 16.9. The molecule has 1 heterocycles. The van der Waals surface area contributed by atoms with Gasteiger partial charge in [0.2, 0.25) is 0 Å². The Kier molecular flexibility index (Phi) is 3.88. The molecule has 3 aromatic rings. The molecule has 130 valence electrons. The average Bonchev–Trinajstić information content (AvgIpc) is 3.02. The van der Waals surface area contributed by atoms with Crippen molar-refractivity contribution in [3.05, 3.63) is 95.1 Å². The fourth-order valence-electron chi connectivity index (χ4n) is 3.55. The molecule has 0 spiro atoms. The Morgan fingerprint density at radius 2 is 1.42 bits per heavy atom. The first-order valence-corrected chi connectivity index (χ1v) is 8.31. The van der Waals surface area contributed by atoms with Crippen molar-refractivity contribution >= 4 is 5.97 Å². The summed E-state index contributed by atoms with van der Waals surface area (Å²) in [6.07, 6.45) is 0. The molecule has 4 nitrogen and oxygen atoms in total. The van der Waals surface area contributed by atoms with Gasteiger partial charge in [-0.25, -0.2) is 4.79 Å². The van der Waals surface area contributed by atoms with E-state index < -0.39 is 5.60 Å². The molecule has 0 fully saturated rings. The minimum absolute atomic E-state index is 0.345. The summed E-state index contributed by atoms with van der Waals surface area (Å²) in [5, 5.41) is 0. The number of carbonyl (C=O) groups is 1. The van der Waals surface area contributed by atoms with E-state index in [0.717, 1.165) is 22.4 Å². The highest BCUT2D eigenvalue weighted by atomic mass is 16.6. The van der Waals surface area contributed by atoms with Crippen molar-refractivity contribution in [1.82, 2.24) is 0 Å². The van der Waals surface area contributed by atoms with Gasteiger partial charge in [-0.15, -0.1) is 0 Å². The van der Waals surface area contributed by atoms with E-state index in [1.54, 1.807) is 20.3 Å². The van der Waals surface area contributed by atoms with Crippen LogP contribution in [-0.4, -0.2) is 20.2 Å². The topological polar surface area (TPSA) is 44.8 Å². The molecule has 3 aromatic carbocycles. The average molecular weight is 346 g/mol. The van der Waals surface area contributed by atoms with Gasteiger partial charge in [-0.2, -0.15) is 0 Å². The highest BCUT2D eigenvalue weighted by Gasteiger charge is 2.49. The van der Waals surface area contributed by atoms with E-state index in [9.17, 15) is 4.79 Å². The zero-order chi connectivity index (χ0) is 18.1. The molecule has 1 aliphatic heterocycles. The number of methoxy groups -OCH3 is 2. The number of carbonyl (C=O) groups excluding carboxylic acids is 1. The first-order chi connectivity index (χ1) is 12.7. The third-order valence-electron chi connectivity index (χ3n) is 4.75. The molecule has 1 unspecified atom stereocenters. The molecule has 0 N–H and O–H groups in total. The van der Waals surface area contributed by atoms with Crippen LogP contribution in [0.5, 0.6) is 11.5 Å². The lowest BCUT2D eigenvalue weighted by Gasteiger charge is -2.31. The lowest BCUT2D eigenvalue weighted by molar-refractivity contribution is 0.0245. The lowest BCUT2D eigenvalue weighted by Crippen LogP contribution is -2.30. The maximum absolute atomic E-state index is 12.7.